The van der Waals surface area contributed by atoms with Crippen LogP contribution in [0, 0.1) is 25.1 Å². The van der Waals surface area contributed by atoms with Crippen molar-refractivity contribution in [1.82, 2.24) is 29.7 Å². The number of fused-ring (bicyclic) bond motifs is 7. The summed E-state index contributed by atoms with van der Waals surface area (Å²) in [6.07, 6.45) is 5.60. The van der Waals surface area contributed by atoms with E-state index in [0.717, 1.165) is 51.0 Å². The van der Waals surface area contributed by atoms with Gasteiger partial charge < -0.3 is 47.9 Å². The van der Waals surface area contributed by atoms with Crippen molar-refractivity contribution < 1.29 is 52.2 Å². The van der Waals surface area contributed by atoms with Gasteiger partial charge in [-0.2, -0.15) is 0 Å². The minimum absolute atomic E-state index is 0.0271. The summed E-state index contributed by atoms with van der Waals surface area (Å²) in [6, 6.07) is 13.3. The molecule has 3 aliphatic heterocycles. The van der Waals surface area contributed by atoms with Gasteiger partial charge >= 0.3 is 5.97 Å². The Balaban J connectivity index is 1.00. The molecular weight excluding hydrogens is 1050 g/mol. The van der Waals surface area contributed by atoms with E-state index in [0.29, 0.717) is 140 Å². The summed E-state index contributed by atoms with van der Waals surface area (Å²) in [6.45, 7) is 13.9. The van der Waals surface area contributed by atoms with Crippen molar-refractivity contribution in [3.63, 3.8) is 0 Å². The van der Waals surface area contributed by atoms with E-state index in [-0.39, 0.29) is 30.9 Å². The number of nitrogens with zero attached hydrogens (tertiary/aromatic N) is 6. The second-order valence-corrected chi connectivity index (χ2v) is 21.8. The van der Waals surface area contributed by atoms with Crippen LogP contribution < -0.4 is 18.9 Å². The van der Waals surface area contributed by atoms with Crippen LogP contribution in [0.15, 0.2) is 67.1 Å². The molecule has 1 fully saturated rings. The number of carboxylic acids is 1. The minimum atomic E-state index is -1.47. The molecule has 20 heteroatoms. The highest BCUT2D eigenvalue weighted by molar-refractivity contribution is 7.22. The van der Waals surface area contributed by atoms with Gasteiger partial charge in [0.2, 0.25) is 12.0 Å². The molecule has 1 N–H and O–H groups in total. The van der Waals surface area contributed by atoms with Crippen LogP contribution in [0.2, 0.25) is 10.0 Å². The van der Waals surface area contributed by atoms with Gasteiger partial charge in [-0.3, -0.25) is 4.90 Å². The number of methoxy groups -OCH3 is 1. The quantitative estimate of drug-likeness (QED) is 0.0760. The average Bonchev–Trinajstić information content (AvgIpc) is 3.83. The lowest BCUT2D eigenvalue weighted by Crippen LogP contribution is -2.49. The number of aromatic nitrogens is 4. The summed E-state index contributed by atoms with van der Waals surface area (Å²) in [5.74, 6) is 0.207. The molecule has 3 atom stereocenters. The van der Waals surface area contributed by atoms with Crippen LogP contribution in [-0.4, -0.2) is 153 Å². The molecule has 4 aliphatic rings. The summed E-state index contributed by atoms with van der Waals surface area (Å²) < 4.78 is 63.0. The zero-order chi connectivity index (χ0) is 54.1. The molecule has 1 saturated heterocycles. The van der Waals surface area contributed by atoms with E-state index in [9.17, 15) is 14.3 Å². The van der Waals surface area contributed by atoms with Crippen molar-refractivity contribution in [2.75, 3.05) is 99.7 Å². The van der Waals surface area contributed by atoms with E-state index in [2.05, 4.69) is 44.8 Å². The Morgan fingerprint density at radius 1 is 0.909 bits per heavy atom. The summed E-state index contributed by atoms with van der Waals surface area (Å²) >= 11 is 16.1. The summed E-state index contributed by atoms with van der Waals surface area (Å²) in [4.78, 5) is 38.1. The molecule has 10 rings (SSSR count). The third-order valence-electron chi connectivity index (χ3n) is 14.2. The second-order valence-electron chi connectivity index (χ2n) is 20.0. The summed E-state index contributed by atoms with van der Waals surface area (Å²) in [5.41, 5.74) is 5.43. The number of hydrogen-bond donors (Lipinski definition) is 1. The number of piperazine rings is 1. The largest absolute Gasteiger partial charge is 0.490 e. The molecule has 0 unspecified atom stereocenters. The summed E-state index contributed by atoms with van der Waals surface area (Å²) in [5, 5.41) is 12.0. The molecule has 3 aromatic heterocycles. The maximum Gasteiger partial charge on any atom is 0.345 e. The first kappa shape index (κ1) is 56.2. The van der Waals surface area contributed by atoms with Gasteiger partial charge in [0.1, 0.15) is 47.8 Å². The Morgan fingerprint density at radius 2 is 1.64 bits per heavy atom. The van der Waals surface area contributed by atoms with E-state index in [4.69, 9.17) is 66.1 Å². The number of rotatable bonds is 19. The van der Waals surface area contributed by atoms with Crippen LogP contribution in [-0.2, 0) is 36.8 Å². The van der Waals surface area contributed by atoms with Gasteiger partial charge in [-0.1, -0.05) is 48.3 Å². The molecule has 0 saturated carbocycles. The van der Waals surface area contributed by atoms with E-state index < -0.39 is 24.0 Å². The molecule has 0 spiro atoms. The first-order valence-corrected chi connectivity index (χ1v) is 27.5. The number of carboxylic acid groups (broad SMARTS) is 1. The lowest BCUT2D eigenvalue weighted by molar-refractivity contribution is -0.145. The van der Waals surface area contributed by atoms with Crippen molar-refractivity contribution in [3.05, 3.63) is 111 Å². The third-order valence-corrected chi connectivity index (χ3v) is 16.3. The number of likely N-dealkylation sites (N-methyl/N-ethyl adjacent to an activating group) is 1. The topological polar surface area (TPSA) is 169 Å². The van der Waals surface area contributed by atoms with E-state index in [1.165, 1.54) is 29.8 Å². The first-order valence-electron chi connectivity index (χ1n) is 25.9. The minimum Gasteiger partial charge on any atom is -0.490 e. The van der Waals surface area contributed by atoms with Gasteiger partial charge in [0.15, 0.2) is 11.6 Å². The molecular formula is C57H65Cl2FN6O10S. The lowest BCUT2D eigenvalue weighted by Gasteiger charge is -2.35. The molecule has 410 valence electrons. The van der Waals surface area contributed by atoms with E-state index in [1.54, 1.807) is 49.7 Å². The van der Waals surface area contributed by atoms with Crippen molar-refractivity contribution in [3.8, 4) is 44.7 Å². The van der Waals surface area contributed by atoms with Crippen LogP contribution in [0.25, 0.3) is 37.4 Å². The second kappa shape index (κ2) is 25.9. The van der Waals surface area contributed by atoms with Crippen molar-refractivity contribution in [2.24, 2.45) is 5.41 Å². The Kier molecular flexibility index (Phi) is 18.9. The van der Waals surface area contributed by atoms with Gasteiger partial charge in [-0.15, -0.1) is 11.3 Å². The van der Waals surface area contributed by atoms with Crippen LogP contribution >= 0.6 is 34.5 Å². The zero-order valence-electron chi connectivity index (χ0n) is 44.1. The average molecular weight is 1120 g/mol. The fraction of sp³-hybridized carbons (Fsp3) is 0.456. The molecule has 6 aromatic rings. The summed E-state index contributed by atoms with van der Waals surface area (Å²) in [7, 11) is 3.75. The Labute approximate surface area is 462 Å². The molecule has 77 heavy (non-hydrogen) atoms. The maximum absolute atomic E-state index is 14.4. The highest BCUT2D eigenvalue weighted by Gasteiger charge is 2.33. The van der Waals surface area contributed by atoms with E-state index >= 15 is 0 Å². The number of allylic oxidation sites excluding steroid dienone is 2. The number of ether oxygens (including phenoxy) is 8. The molecule has 6 heterocycles. The van der Waals surface area contributed by atoms with Gasteiger partial charge in [0.05, 0.1) is 67.4 Å². The van der Waals surface area contributed by atoms with E-state index in [1.807, 2.05) is 13.8 Å². The third kappa shape index (κ3) is 13.8. The predicted octanol–water partition coefficient (Wildman–Crippen LogP) is 10.2. The molecule has 1 aliphatic carbocycles. The first-order chi connectivity index (χ1) is 37.3. The number of halogens is 3. The Bertz CT molecular complexity index is 3020. The Hall–Kier alpha value is -5.54. The Morgan fingerprint density at radius 3 is 2.34 bits per heavy atom. The smallest absolute Gasteiger partial charge is 0.345 e. The van der Waals surface area contributed by atoms with Crippen molar-refractivity contribution in [1.29, 1.82) is 0 Å². The van der Waals surface area contributed by atoms with Gasteiger partial charge in [-0.25, -0.2) is 29.1 Å². The highest BCUT2D eigenvalue weighted by Crippen LogP contribution is 2.53. The fourth-order valence-corrected chi connectivity index (χ4v) is 11.4. The van der Waals surface area contributed by atoms with Crippen molar-refractivity contribution >= 4 is 56.3 Å². The van der Waals surface area contributed by atoms with Crippen LogP contribution in [0.3, 0.4) is 0 Å². The van der Waals surface area contributed by atoms with Gasteiger partial charge in [-0.05, 0) is 110 Å². The molecule has 0 amide bonds. The zero-order valence-corrected chi connectivity index (χ0v) is 46.4. The lowest BCUT2D eigenvalue weighted by atomic mass is 9.77. The number of carbonyl (C=O) groups is 1. The number of hydrogen-bond acceptors (Lipinski definition) is 16. The van der Waals surface area contributed by atoms with Crippen LogP contribution in [0.4, 0.5) is 4.39 Å². The highest BCUT2D eigenvalue weighted by atomic mass is 35.5. The number of thiophene rings is 1. The van der Waals surface area contributed by atoms with Gasteiger partial charge in [0.25, 0.3) is 0 Å². The van der Waals surface area contributed by atoms with Crippen LogP contribution in [0.5, 0.6) is 23.1 Å². The molecule has 16 nitrogen and oxygen atoms in total. The SMILES string of the molecule is COCCOCCOCCOC[C@@]1(C)CC=C(c2nccc(COc3ccc4cc3C[C@H](C(=O)O)Oc3ncnc5sc(-c6ccc(F)cc6)c(c35)-c3c(C)c(Cl)c(c(Cl)c3C)O[C@H](CN3CCN(C)CC3)CO4)n2)CC1. The number of benzene rings is 3. The number of aliphatic carboxylic acids is 1. The fourth-order valence-electron chi connectivity index (χ4n) is 9.74. The normalized spacial score (nSPS) is 19.3. The molecule has 3 aromatic carbocycles. The monoisotopic (exact) mass is 1110 g/mol. The molecule has 4 bridgehead atoms. The van der Waals surface area contributed by atoms with Crippen molar-refractivity contribution in [2.45, 2.75) is 65.3 Å². The predicted molar refractivity (Wildman–Crippen MR) is 294 cm³/mol. The standard InChI is InChI=1S/C57H65Cl2FN6O10S/c1-35-46-36(2)50(59)51(49(35)58)75-43(30-66-20-18-65(4)19-21-66)32-73-42-10-11-44(39(28-42)29-45(56(67)68)76-54-48-47(46)52(77-55(48)63-34-62-54)37-6-8-40(60)9-7-37)74-31-41-14-17-61-53(64-41)38-12-15-57(3,16-13-38)33-72-27-26-71-25-24-70-23-22-69-5/h6-12,14,17,28,34,43,45H,13,15-16,18-27,29-33H2,1-5H3,(H,67,68)/t43-,45-,57+/m1/s1. The van der Waals surface area contributed by atoms with Crippen LogP contribution in [0.1, 0.15) is 54.4 Å². The van der Waals surface area contributed by atoms with Gasteiger partial charge in [0, 0.05) is 68.5 Å². The molecule has 0 radical (unpaired) electrons. The maximum atomic E-state index is 14.4.